The van der Waals surface area contributed by atoms with Crippen LogP contribution in [0.1, 0.15) is 31.2 Å². The summed E-state index contributed by atoms with van der Waals surface area (Å²) < 4.78 is 11.1. The van der Waals surface area contributed by atoms with Gasteiger partial charge in [0.15, 0.2) is 0 Å². The molecule has 2 fully saturated rings. The quantitative estimate of drug-likeness (QED) is 0.762. The number of fused-ring (bicyclic) bond motifs is 1. The third kappa shape index (κ3) is 4.82. The topological polar surface area (TPSA) is 67.9 Å². The number of ether oxygens (including phenoxy) is 2. The van der Waals surface area contributed by atoms with Gasteiger partial charge in [-0.1, -0.05) is 42.5 Å². The molecule has 2 atom stereocenters. The summed E-state index contributed by atoms with van der Waals surface area (Å²) in [4.78, 5) is 26.6. The highest BCUT2D eigenvalue weighted by atomic mass is 16.6. The van der Waals surface area contributed by atoms with Gasteiger partial charge in [0.1, 0.15) is 0 Å². The molecule has 2 aromatic carbocycles. The predicted octanol–water partition coefficient (Wildman–Crippen LogP) is 2.69. The number of rotatable bonds is 7. The molecule has 0 spiro atoms. The maximum absolute atomic E-state index is 12.8. The van der Waals surface area contributed by atoms with Gasteiger partial charge in [-0.3, -0.25) is 9.59 Å². The van der Waals surface area contributed by atoms with Crippen LogP contribution in [0.2, 0.25) is 0 Å². The highest BCUT2D eigenvalue weighted by Crippen LogP contribution is 2.32. The first-order chi connectivity index (χ1) is 14.5. The Kier molecular flexibility index (Phi) is 6.35. The number of hydrogen-bond acceptors (Lipinski definition) is 4. The van der Waals surface area contributed by atoms with Gasteiger partial charge in [0.05, 0.1) is 25.9 Å². The average molecular weight is 411 g/mol. The van der Waals surface area contributed by atoms with Gasteiger partial charge in [0, 0.05) is 32.0 Å². The molecule has 4 rings (SSSR count). The molecule has 0 radical (unpaired) electrons. The molecule has 6 heteroatoms. The van der Waals surface area contributed by atoms with E-state index < -0.39 is 0 Å². The van der Waals surface area contributed by atoms with E-state index in [9.17, 15) is 9.59 Å². The fourth-order valence-electron chi connectivity index (χ4n) is 4.58. The summed E-state index contributed by atoms with van der Waals surface area (Å²) in [6.45, 7) is 2.25. The van der Waals surface area contributed by atoms with Crippen molar-refractivity contribution >= 4 is 22.6 Å². The lowest BCUT2D eigenvalue weighted by atomic mass is 9.83. The van der Waals surface area contributed by atoms with Crippen LogP contribution >= 0.6 is 0 Å². The van der Waals surface area contributed by atoms with E-state index in [1.54, 1.807) is 4.90 Å². The van der Waals surface area contributed by atoms with Crippen LogP contribution in [0.3, 0.4) is 0 Å². The molecule has 30 heavy (non-hydrogen) atoms. The SMILES string of the molecule is CN(CC1COCCO1)C(=O)CCC1(Cc2cccc3ccccc23)CCC(=O)N1. The third-order valence-corrected chi connectivity index (χ3v) is 6.25. The molecule has 2 heterocycles. The van der Waals surface area contributed by atoms with E-state index in [0.29, 0.717) is 45.6 Å². The zero-order valence-electron chi connectivity index (χ0n) is 17.6. The Hall–Kier alpha value is -2.44. The van der Waals surface area contributed by atoms with Gasteiger partial charge in [-0.15, -0.1) is 0 Å². The minimum atomic E-state index is -0.373. The van der Waals surface area contributed by atoms with Gasteiger partial charge >= 0.3 is 0 Å². The zero-order valence-corrected chi connectivity index (χ0v) is 17.6. The van der Waals surface area contributed by atoms with E-state index in [1.807, 2.05) is 19.2 Å². The summed E-state index contributed by atoms with van der Waals surface area (Å²) in [6.07, 6.45) is 2.97. The van der Waals surface area contributed by atoms with Crippen molar-refractivity contribution in [2.75, 3.05) is 33.4 Å². The van der Waals surface area contributed by atoms with Gasteiger partial charge in [0.25, 0.3) is 0 Å². The number of nitrogens with zero attached hydrogens (tertiary/aromatic N) is 1. The van der Waals surface area contributed by atoms with Crippen molar-refractivity contribution < 1.29 is 19.1 Å². The van der Waals surface area contributed by atoms with Crippen LogP contribution in [0, 0.1) is 0 Å². The van der Waals surface area contributed by atoms with Gasteiger partial charge in [-0.2, -0.15) is 0 Å². The fraction of sp³-hybridized carbons (Fsp3) is 0.500. The van der Waals surface area contributed by atoms with E-state index in [-0.39, 0.29) is 23.5 Å². The highest BCUT2D eigenvalue weighted by Gasteiger charge is 2.38. The third-order valence-electron chi connectivity index (χ3n) is 6.25. The summed E-state index contributed by atoms with van der Waals surface area (Å²) in [5, 5.41) is 5.60. The smallest absolute Gasteiger partial charge is 0.222 e. The zero-order chi connectivity index (χ0) is 21.0. The number of nitrogens with one attached hydrogen (secondary N) is 1. The van der Waals surface area contributed by atoms with Gasteiger partial charge in [-0.05, 0) is 35.6 Å². The van der Waals surface area contributed by atoms with Crippen molar-refractivity contribution in [2.45, 2.75) is 43.7 Å². The van der Waals surface area contributed by atoms with E-state index in [4.69, 9.17) is 9.47 Å². The molecule has 0 aliphatic carbocycles. The van der Waals surface area contributed by atoms with E-state index in [0.717, 1.165) is 12.8 Å². The molecule has 2 amide bonds. The Labute approximate surface area is 177 Å². The second kappa shape index (κ2) is 9.14. The Balaban J connectivity index is 1.43. The normalized spacial score (nSPS) is 24.0. The summed E-state index contributed by atoms with van der Waals surface area (Å²) in [5.41, 5.74) is 0.839. The Morgan fingerprint density at radius 3 is 2.80 bits per heavy atom. The molecule has 0 bridgehead atoms. The highest BCUT2D eigenvalue weighted by molar-refractivity contribution is 5.86. The number of carbonyl (C=O) groups excluding carboxylic acids is 2. The Bertz CT molecular complexity index is 904. The Morgan fingerprint density at radius 2 is 2.03 bits per heavy atom. The van der Waals surface area contributed by atoms with Crippen LogP contribution in [-0.4, -0.2) is 61.8 Å². The largest absolute Gasteiger partial charge is 0.376 e. The molecule has 2 unspecified atom stereocenters. The molecule has 2 aliphatic heterocycles. The lowest BCUT2D eigenvalue weighted by Gasteiger charge is -2.31. The molecule has 2 aromatic rings. The lowest BCUT2D eigenvalue weighted by molar-refractivity contribution is -0.136. The molecular weight excluding hydrogens is 380 g/mol. The van der Waals surface area contributed by atoms with Crippen LogP contribution in [0.15, 0.2) is 42.5 Å². The number of likely N-dealkylation sites (N-methyl/N-ethyl adjacent to an activating group) is 1. The molecule has 2 saturated heterocycles. The Morgan fingerprint density at radius 1 is 1.20 bits per heavy atom. The first kappa shape index (κ1) is 20.8. The van der Waals surface area contributed by atoms with Crippen LogP contribution in [0.4, 0.5) is 0 Å². The summed E-state index contributed by atoms with van der Waals surface area (Å²) in [7, 11) is 1.81. The molecule has 1 N–H and O–H groups in total. The predicted molar refractivity (Wildman–Crippen MR) is 115 cm³/mol. The monoisotopic (exact) mass is 410 g/mol. The van der Waals surface area contributed by atoms with Crippen molar-refractivity contribution in [3.63, 3.8) is 0 Å². The number of benzene rings is 2. The first-order valence-corrected chi connectivity index (χ1v) is 10.8. The van der Waals surface area contributed by atoms with Crippen molar-refractivity contribution in [1.29, 1.82) is 0 Å². The van der Waals surface area contributed by atoms with Crippen molar-refractivity contribution in [3.8, 4) is 0 Å². The second-order valence-electron chi connectivity index (χ2n) is 8.49. The number of hydrogen-bond donors (Lipinski definition) is 1. The molecule has 6 nitrogen and oxygen atoms in total. The summed E-state index contributed by atoms with van der Waals surface area (Å²) in [6, 6.07) is 14.6. The van der Waals surface area contributed by atoms with Crippen molar-refractivity contribution in [2.24, 2.45) is 0 Å². The average Bonchev–Trinajstić information content (AvgIpc) is 3.13. The van der Waals surface area contributed by atoms with Gasteiger partial charge in [-0.25, -0.2) is 0 Å². The molecular formula is C24H30N2O4. The van der Waals surface area contributed by atoms with Gasteiger partial charge < -0.3 is 19.7 Å². The van der Waals surface area contributed by atoms with Crippen LogP contribution in [-0.2, 0) is 25.5 Å². The van der Waals surface area contributed by atoms with Crippen LogP contribution in [0.25, 0.3) is 10.8 Å². The molecule has 0 saturated carbocycles. The summed E-state index contributed by atoms with van der Waals surface area (Å²) >= 11 is 0. The fourth-order valence-corrected chi connectivity index (χ4v) is 4.58. The molecule has 0 aromatic heterocycles. The van der Waals surface area contributed by atoms with E-state index in [2.05, 4.69) is 35.6 Å². The standard InChI is InChI=1S/C24H30N2O4/c1-26(16-20-17-29-13-14-30-20)23(28)10-12-24(11-9-22(27)25-24)15-19-7-4-6-18-5-2-3-8-21(18)19/h2-8,20H,9-17H2,1H3,(H,25,27). The van der Waals surface area contributed by atoms with Crippen LogP contribution < -0.4 is 5.32 Å². The molecule has 2 aliphatic rings. The van der Waals surface area contributed by atoms with Crippen molar-refractivity contribution in [3.05, 3.63) is 48.0 Å². The second-order valence-corrected chi connectivity index (χ2v) is 8.49. The number of amides is 2. The van der Waals surface area contributed by atoms with Crippen LogP contribution in [0.5, 0.6) is 0 Å². The maximum Gasteiger partial charge on any atom is 0.222 e. The van der Waals surface area contributed by atoms with Crippen molar-refractivity contribution in [1.82, 2.24) is 10.2 Å². The van der Waals surface area contributed by atoms with Gasteiger partial charge in [0.2, 0.25) is 11.8 Å². The maximum atomic E-state index is 12.8. The minimum Gasteiger partial charge on any atom is -0.376 e. The number of carbonyl (C=O) groups is 2. The van der Waals surface area contributed by atoms with E-state index in [1.165, 1.54) is 16.3 Å². The first-order valence-electron chi connectivity index (χ1n) is 10.8. The lowest BCUT2D eigenvalue weighted by Crippen LogP contribution is -2.45. The van der Waals surface area contributed by atoms with E-state index >= 15 is 0 Å². The summed E-state index contributed by atoms with van der Waals surface area (Å²) in [5.74, 6) is 0.145. The minimum absolute atomic E-state index is 0.0662. The molecule has 160 valence electrons.